The lowest BCUT2D eigenvalue weighted by Gasteiger charge is -2.07. The Morgan fingerprint density at radius 3 is 2.81 bits per heavy atom. The Morgan fingerprint density at radius 2 is 2.25 bits per heavy atom. The van der Waals surface area contributed by atoms with Gasteiger partial charge in [0, 0.05) is 12.5 Å². The second-order valence-corrected chi connectivity index (χ2v) is 3.16. The lowest BCUT2D eigenvalue weighted by molar-refractivity contribution is -0.384. The van der Waals surface area contributed by atoms with Gasteiger partial charge in [-0.15, -0.1) is 0 Å². The maximum absolute atomic E-state index is 11.0. The van der Waals surface area contributed by atoms with Crippen molar-refractivity contribution in [3.05, 3.63) is 28.3 Å². The van der Waals surface area contributed by atoms with Crippen molar-refractivity contribution in [3.63, 3.8) is 0 Å². The van der Waals surface area contributed by atoms with Crippen molar-refractivity contribution >= 4 is 17.2 Å². The zero-order valence-electron chi connectivity index (χ0n) is 8.80. The minimum atomic E-state index is -0.548. The van der Waals surface area contributed by atoms with Gasteiger partial charge in [0.2, 0.25) is 0 Å². The number of nitro benzene ring substituents is 1. The molecule has 0 saturated heterocycles. The molecular weight excluding hydrogens is 212 g/mol. The minimum Gasteiger partial charge on any atom is -0.483 e. The van der Waals surface area contributed by atoms with Gasteiger partial charge in [0.1, 0.15) is 12.4 Å². The number of nitrogens with two attached hydrogens (primary N) is 1. The van der Waals surface area contributed by atoms with Crippen LogP contribution in [0.2, 0.25) is 0 Å². The number of rotatable bonds is 5. The van der Waals surface area contributed by atoms with E-state index < -0.39 is 4.92 Å². The molecule has 0 spiro atoms. The van der Waals surface area contributed by atoms with Crippen LogP contribution in [0.25, 0.3) is 0 Å². The van der Waals surface area contributed by atoms with Crippen LogP contribution < -0.4 is 10.5 Å². The molecule has 1 rings (SSSR count). The van der Waals surface area contributed by atoms with Crippen LogP contribution in [-0.4, -0.2) is 17.3 Å². The Bertz CT molecular complexity index is 417. The average molecular weight is 224 g/mol. The molecule has 1 aromatic rings. The number of Topliss-reactive ketones (excluding diaryl/α,β-unsaturated/α-hetero) is 1. The number of anilines is 1. The van der Waals surface area contributed by atoms with Gasteiger partial charge in [0.15, 0.2) is 5.78 Å². The zero-order chi connectivity index (χ0) is 12.1. The number of nitrogens with zero attached hydrogens (tertiary/aromatic N) is 1. The van der Waals surface area contributed by atoms with Crippen molar-refractivity contribution in [2.24, 2.45) is 0 Å². The maximum Gasteiger partial charge on any atom is 0.273 e. The highest BCUT2D eigenvalue weighted by molar-refractivity contribution is 5.79. The highest BCUT2D eigenvalue weighted by Gasteiger charge is 2.10. The molecule has 2 N–H and O–H groups in total. The summed E-state index contributed by atoms with van der Waals surface area (Å²) in [6, 6.07) is 3.87. The Balaban J connectivity index is 2.82. The second-order valence-electron chi connectivity index (χ2n) is 3.16. The second kappa shape index (κ2) is 5.11. The molecule has 0 atom stereocenters. The van der Waals surface area contributed by atoms with Crippen LogP contribution in [-0.2, 0) is 4.79 Å². The quantitative estimate of drug-likeness (QED) is 0.465. The summed E-state index contributed by atoms with van der Waals surface area (Å²) in [5, 5.41) is 10.5. The highest BCUT2D eigenvalue weighted by atomic mass is 16.6. The van der Waals surface area contributed by atoms with Crippen molar-refractivity contribution in [2.45, 2.75) is 13.3 Å². The first-order valence-corrected chi connectivity index (χ1v) is 4.73. The molecule has 0 amide bonds. The third-order valence-electron chi connectivity index (χ3n) is 1.99. The zero-order valence-corrected chi connectivity index (χ0v) is 8.80. The van der Waals surface area contributed by atoms with E-state index in [1.807, 2.05) is 0 Å². The van der Waals surface area contributed by atoms with E-state index in [-0.39, 0.29) is 29.5 Å². The first kappa shape index (κ1) is 12.0. The van der Waals surface area contributed by atoms with Gasteiger partial charge < -0.3 is 10.5 Å². The summed E-state index contributed by atoms with van der Waals surface area (Å²) in [5.41, 5.74) is 5.71. The minimum absolute atomic E-state index is 0.0918. The fourth-order valence-electron chi connectivity index (χ4n) is 1.02. The standard InChI is InChI=1S/C10H12N2O4/c1-2-8(13)6-16-10-5-7(12(14)15)3-4-9(10)11/h3-5H,2,6,11H2,1H3. The molecule has 16 heavy (non-hydrogen) atoms. The van der Waals surface area contributed by atoms with Gasteiger partial charge in [0.25, 0.3) is 5.69 Å². The van der Waals surface area contributed by atoms with E-state index in [9.17, 15) is 14.9 Å². The molecule has 0 aliphatic heterocycles. The number of carbonyl (C=O) groups is 1. The molecule has 0 bridgehead atoms. The topological polar surface area (TPSA) is 95.5 Å². The van der Waals surface area contributed by atoms with Crippen LogP contribution in [0.5, 0.6) is 5.75 Å². The lowest BCUT2D eigenvalue weighted by atomic mass is 10.2. The van der Waals surface area contributed by atoms with Crippen molar-refractivity contribution < 1.29 is 14.5 Å². The first-order chi connectivity index (χ1) is 7.54. The molecule has 0 heterocycles. The van der Waals surface area contributed by atoms with Crippen LogP contribution in [0.4, 0.5) is 11.4 Å². The maximum atomic E-state index is 11.0. The molecule has 6 heteroatoms. The third kappa shape index (κ3) is 2.94. The van der Waals surface area contributed by atoms with Crippen molar-refractivity contribution in [1.29, 1.82) is 0 Å². The van der Waals surface area contributed by atoms with E-state index in [2.05, 4.69) is 0 Å². The number of nitrogen functional groups attached to an aromatic ring is 1. The van der Waals surface area contributed by atoms with E-state index in [1.165, 1.54) is 18.2 Å². The Labute approximate surface area is 92.2 Å². The smallest absolute Gasteiger partial charge is 0.273 e. The molecule has 0 fully saturated rings. The monoisotopic (exact) mass is 224 g/mol. The summed E-state index contributed by atoms with van der Waals surface area (Å²) in [5.74, 6) is 0.0712. The molecule has 0 unspecified atom stereocenters. The SMILES string of the molecule is CCC(=O)COc1cc([N+](=O)[O-])ccc1N. The summed E-state index contributed by atoms with van der Waals surface area (Å²) in [6.45, 7) is 1.59. The normalized spacial score (nSPS) is 9.81. The van der Waals surface area contributed by atoms with Crippen LogP contribution in [0.15, 0.2) is 18.2 Å². The molecule has 86 valence electrons. The van der Waals surface area contributed by atoms with Crippen LogP contribution in [0.1, 0.15) is 13.3 Å². The van der Waals surface area contributed by atoms with E-state index in [0.717, 1.165) is 0 Å². The van der Waals surface area contributed by atoms with Gasteiger partial charge in [-0.25, -0.2) is 0 Å². The van der Waals surface area contributed by atoms with Gasteiger partial charge in [0.05, 0.1) is 16.7 Å². The molecule has 0 aromatic heterocycles. The summed E-state index contributed by atoms with van der Waals surface area (Å²) >= 11 is 0. The number of carbonyl (C=O) groups excluding carboxylic acids is 1. The fraction of sp³-hybridized carbons (Fsp3) is 0.300. The summed E-state index contributed by atoms with van der Waals surface area (Å²) in [7, 11) is 0. The number of ketones is 1. The number of nitro groups is 1. The number of non-ortho nitro benzene ring substituents is 1. The third-order valence-corrected chi connectivity index (χ3v) is 1.99. The van der Waals surface area contributed by atoms with Crippen molar-refractivity contribution in [2.75, 3.05) is 12.3 Å². The molecule has 6 nitrogen and oxygen atoms in total. The van der Waals surface area contributed by atoms with Crippen LogP contribution in [0, 0.1) is 10.1 Å². The van der Waals surface area contributed by atoms with E-state index in [1.54, 1.807) is 6.92 Å². The van der Waals surface area contributed by atoms with Crippen LogP contribution >= 0.6 is 0 Å². The lowest BCUT2D eigenvalue weighted by Crippen LogP contribution is -2.10. The molecular formula is C10H12N2O4. The molecule has 0 aliphatic rings. The Morgan fingerprint density at radius 1 is 1.56 bits per heavy atom. The van der Waals surface area contributed by atoms with E-state index >= 15 is 0 Å². The predicted octanol–water partition coefficient (Wildman–Crippen LogP) is 1.53. The number of benzene rings is 1. The van der Waals surface area contributed by atoms with E-state index in [0.29, 0.717) is 6.42 Å². The van der Waals surface area contributed by atoms with Crippen LogP contribution in [0.3, 0.4) is 0 Å². The van der Waals surface area contributed by atoms with Gasteiger partial charge in [-0.05, 0) is 6.07 Å². The Kier molecular flexibility index (Phi) is 3.82. The molecule has 1 aromatic carbocycles. The molecule has 0 saturated carbocycles. The van der Waals surface area contributed by atoms with Gasteiger partial charge >= 0.3 is 0 Å². The van der Waals surface area contributed by atoms with Gasteiger partial charge in [-0.1, -0.05) is 6.92 Å². The molecule has 0 radical (unpaired) electrons. The summed E-state index contributed by atoms with van der Waals surface area (Å²) in [6.07, 6.45) is 0.356. The number of hydrogen-bond acceptors (Lipinski definition) is 5. The average Bonchev–Trinajstić information content (AvgIpc) is 2.27. The predicted molar refractivity (Wildman–Crippen MR) is 58.3 cm³/mol. The van der Waals surface area contributed by atoms with Crippen molar-refractivity contribution in [1.82, 2.24) is 0 Å². The fourth-order valence-corrected chi connectivity index (χ4v) is 1.02. The molecule has 0 aliphatic carbocycles. The first-order valence-electron chi connectivity index (χ1n) is 4.73. The summed E-state index contributed by atoms with van der Waals surface area (Å²) in [4.78, 5) is 21.0. The van der Waals surface area contributed by atoms with Gasteiger partial charge in [-0.3, -0.25) is 14.9 Å². The number of ether oxygens (including phenoxy) is 1. The van der Waals surface area contributed by atoms with Gasteiger partial charge in [-0.2, -0.15) is 0 Å². The van der Waals surface area contributed by atoms with Crippen molar-refractivity contribution in [3.8, 4) is 5.75 Å². The Hall–Kier alpha value is -2.11. The highest BCUT2D eigenvalue weighted by Crippen LogP contribution is 2.26. The van der Waals surface area contributed by atoms with E-state index in [4.69, 9.17) is 10.5 Å². The number of hydrogen-bond donors (Lipinski definition) is 1. The summed E-state index contributed by atoms with van der Waals surface area (Å²) < 4.78 is 5.10. The largest absolute Gasteiger partial charge is 0.483 e.